The molecule has 2 nitrogen and oxygen atoms in total. The molecule has 0 unspecified atom stereocenters. The normalized spacial score (nSPS) is 23.1. The lowest BCUT2D eigenvalue weighted by molar-refractivity contribution is -0.136. The van der Waals surface area contributed by atoms with Crippen LogP contribution in [0, 0.1) is 5.92 Å². The van der Waals surface area contributed by atoms with E-state index < -0.39 is 5.97 Å². The van der Waals surface area contributed by atoms with Gasteiger partial charge in [0.2, 0.25) is 0 Å². The highest BCUT2D eigenvalue weighted by molar-refractivity contribution is 6.30. The standard InChI is InChI=1S/C17H21ClO2/c18-16-11-9-15(10-12-16)14-7-5-13(6-8-14)3-1-2-4-17(19)20/h1,3,9-14H,2,4-8H2,(H,19,20)/t13-,14-. The third kappa shape index (κ3) is 4.68. The number of hydrogen-bond acceptors (Lipinski definition) is 1. The summed E-state index contributed by atoms with van der Waals surface area (Å²) in [6.07, 6.45) is 9.91. The Labute approximate surface area is 125 Å². The predicted molar refractivity (Wildman–Crippen MR) is 82.2 cm³/mol. The van der Waals surface area contributed by atoms with E-state index in [1.54, 1.807) is 0 Å². The van der Waals surface area contributed by atoms with E-state index in [0.717, 1.165) is 5.02 Å². The van der Waals surface area contributed by atoms with E-state index >= 15 is 0 Å². The number of carboxylic acids is 1. The zero-order chi connectivity index (χ0) is 14.4. The van der Waals surface area contributed by atoms with E-state index in [1.807, 2.05) is 18.2 Å². The summed E-state index contributed by atoms with van der Waals surface area (Å²) < 4.78 is 0. The molecular formula is C17H21ClO2. The molecule has 0 spiro atoms. The number of aliphatic carboxylic acids is 1. The van der Waals surface area contributed by atoms with Crippen LogP contribution in [-0.2, 0) is 4.79 Å². The summed E-state index contributed by atoms with van der Waals surface area (Å²) in [7, 11) is 0. The van der Waals surface area contributed by atoms with Gasteiger partial charge in [0, 0.05) is 11.4 Å². The molecule has 0 atom stereocenters. The van der Waals surface area contributed by atoms with E-state index in [4.69, 9.17) is 16.7 Å². The number of carbonyl (C=O) groups is 1. The van der Waals surface area contributed by atoms with Crippen LogP contribution in [0.1, 0.15) is 50.0 Å². The quantitative estimate of drug-likeness (QED) is 0.772. The summed E-state index contributed by atoms with van der Waals surface area (Å²) in [6.45, 7) is 0. The predicted octanol–water partition coefficient (Wildman–Crippen LogP) is 5.03. The molecule has 1 aromatic carbocycles. The van der Waals surface area contributed by atoms with Crippen molar-refractivity contribution in [2.45, 2.75) is 44.4 Å². The third-order valence-corrected chi connectivity index (χ3v) is 4.30. The molecule has 2 rings (SSSR count). The number of carboxylic acid groups (broad SMARTS) is 1. The molecule has 0 saturated heterocycles. The average molecular weight is 293 g/mol. The van der Waals surface area contributed by atoms with Crippen LogP contribution in [0.5, 0.6) is 0 Å². The number of halogens is 1. The van der Waals surface area contributed by atoms with E-state index in [1.165, 1.54) is 31.2 Å². The smallest absolute Gasteiger partial charge is 0.303 e. The van der Waals surface area contributed by atoms with Crippen molar-refractivity contribution >= 4 is 17.6 Å². The van der Waals surface area contributed by atoms with Gasteiger partial charge in [0.15, 0.2) is 0 Å². The van der Waals surface area contributed by atoms with E-state index in [-0.39, 0.29) is 6.42 Å². The van der Waals surface area contributed by atoms with Gasteiger partial charge in [-0.2, -0.15) is 0 Å². The lowest BCUT2D eigenvalue weighted by Crippen LogP contribution is -2.11. The van der Waals surface area contributed by atoms with Crippen LogP contribution in [0.3, 0.4) is 0 Å². The summed E-state index contributed by atoms with van der Waals surface area (Å²) in [5, 5.41) is 9.38. The Bertz CT molecular complexity index is 456. The highest BCUT2D eigenvalue weighted by atomic mass is 35.5. The fourth-order valence-corrected chi connectivity index (χ4v) is 3.00. The van der Waals surface area contributed by atoms with Gasteiger partial charge in [0.05, 0.1) is 0 Å². The van der Waals surface area contributed by atoms with Crippen molar-refractivity contribution in [1.82, 2.24) is 0 Å². The summed E-state index contributed by atoms with van der Waals surface area (Å²) in [5.41, 5.74) is 1.39. The highest BCUT2D eigenvalue weighted by Gasteiger charge is 2.20. The van der Waals surface area contributed by atoms with Crippen LogP contribution in [0.15, 0.2) is 36.4 Å². The minimum Gasteiger partial charge on any atom is -0.481 e. The summed E-state index contributed by atoms with van der Waals surface area (Å²) in [4.78, 5) is 10.4. The van der Waals surface area contributed by atoms with Crippen molar-refractivity contribution in [3.05, 3.63) is 47.0 Å². The van der Waals surface area contributed by atoms with Crippen LogP contribution in [0.4, 0.5) is 0 Å². The Balaban J connectivity index is 1.77. The minimum absolute atomic E-state index is 0.233. The summed E-state index contributed by atoms with van der Waals surface area (Å²) in [6, 6.07) is 8.20. The average Bonchev–Trinajstić information content (AvgIpc) is 2.45. The second kappa shape index (κ2) is 7.49. The molecule has 0 heterocycles. The Morgan fingerprint density at radius 1 is 1.20 bits per heavy atom. The molecule has 1 aromatic rings. The molecule has 1 saturated carbocycles. The largest absolute Gasteiger partial charge is 0.481 e. The van der Waals surface area contributed by atoms with Gasteiger partial charge < -0.3 is 5.11 Å². The molecule has 0 aliphatic heterocycles. The van der Waals surface area contributed by atoms with E-state index in [9.17, 15) is 4.79 Å². The summed E-state index contributed by atoms with van der Waals surface area (Å²) in [5.74, 6) is 0.546. The third-order valence-electron chi connectivity index (χ3n) is 4.05. The molecule has 1 fully saturated rings. The maximum Gasteiger partial charge on any atom is 0.303 e. The molecular weight excluding hydrogens is 272 g/mol. The number of benzene rings is 1. The first-order chi connectivity index (χ1) is 9.65. The molecule has 20 heavy (non-hydrogen) atoms. The van der Waals surface area contributed by atoms with Gasteiger partial charge in [-0.15, -0.1) is 0 Å². The van der Waals surface area contributed by atoms with Crippen LogP contribution in [-0.4, -0.2) is 11.1 Å². The first-order valence-corrected chi connectivity index (χ1v) is 7.67. The van der Waals surface area contributed by atoms with Crippen LogP contribution in [0.2, 0.25) is 5.02 Å². The number of hydrogen-bond donors (Lipinski definition) is 1. The van der Waals surface area contributed by atoms with E-state index in [0.29, 0.717) is 18.3 Å². The van der Waals surface area contributed by atoms with Crippen molar-refractivity contribution in [3.63, 3.8) is 0 Å². The second-order valence-electron chi connectivity index (χ2n) is 5.52. The van der Waals surface area contributed by atoms with Crippen molar-refractivity contribution in [1.29, 1.82) is 0 Å². The first-order valence-electron chi connectivity index (χ1n) is 7.29. The van der Waals surface area contributed by atoms with Gasteiger partial charge in [0.1, 0.15) is 0 Å². The topological polar surface area (TPSA) is 37.3 Å². The zero-order valence-corrected chi connectivity index (χ0v) is 12.4. The Kier molecular flexibility index (Phi) is 5.66. The molecule has 1 aliphatic carbocycles. The van der Waals surface area contributed by atoms with Gasteiger partial charge in [-0.05, 0) is 61.6 Å². The molecule has 0 bridgehead atoms. The monoisotopic (exact) mass is 292 g/mol. The highest BCUT2D eigenvalue weighted by Crippen LogP contribution is 2.36. The van der Waals surface area contributed by atoms with Gasteiger partial charge in [-0.3, -0.25) is 4.79 Å². The molecule has 108 valence electrons. The van der Waals surface area contributed by atoms with Gasteiger partial charge in [0.25, 0.3) is 0 Å². The second-order valence-corrected chi connectivity index (χ2v) is 5.96. The van der Waals surface area contributed by atoms with Crippen molar-refractivity contribution in [2.24, 2.45) is 5.92 Å². The lowest BCUT2D eigenvalue weighted by Gasteiger charge is -2.27. The number of rotatable bonds is 5. The Morgan fingerprint density at radius 3 is 2.45 bits per heavy atom. The number of allylic oxidation sites excluding steroid dienone is 2. The van der Waals surface area contributed by atoms with E-state index in [2.05, 4.69) is 18.2 Å². The molecule has 3 heteroatoms. The molecule has 1 aliphatic rings. The fourth-order valence-electron chi connectivity index (χ4n) is 2.88. The fraction of sp³-hybridized carbons (Fsp3) is 0.471. The molecule has 1 N–H and O–H groups in total. The van der Waals surface area contributed by atoms with Crippen molar-refractivity contribution in [2.75, 3.05) is 0 Å². The van der Waals surface area contributed by atoms with Gasteiger partial charge in [-0.1, -0.05) is 35.9 Å². The van der Waals surface area contributed by atoms with Crippen LogP contribution in [0.25, 0.3) is 0 Å². The van der Waals surface area contributed by atoms with Crippen molar-refractivity contribution in [3.8, 4) is 0 Å². The molecule has 0 radical (unpaired) electrons. The van der Waals surface area contributed by atoms with Crippen molar-refractivity contribution < 1.29 is 9.90 Å². The Morgan fingerprint density at radius 2 is 1.85 bits per heavy atom. The SMILES string of the molecule is O=C(O)CCC=C[C@H]1CC[C@H](c2ccc(Cl)cc2)CC1. The first kappa shape index (κ1) is 15.1. The zero-order valence-electron chi connectivity index (χ0n) is 11.6. The molecule has 0 aromatic heterocycles. The maximum atomic E-state index is 10.4. The maximum absolute atomic E-state index is 10.4. The van der Waals surface area contributed by atoms with Crippen LogP contribution >= 0.6 is 11.6 Å². The van der Waals surface area contributed by atoms with Crippen LogP contribution < -0.4 is 0 Å². The molecule has 0 amide bonds. The minimum atomic E-state index is -0.721. The Hall–Kier alpha value is -1.28. The summed E-state index contributed by atoms with van der Waals surface area (Å²) >= 11 is 5.92. The lowest BCUT2D eigenvalue weighted by atomic mass is 9.78. The van der Waals surface area contributed by atoms with Gasteiger partial charge >= 0.3 is 5.97 Å². The van der Waals surface area contributed by atoms with Gasteiger partial charge in [-0.25, -0.2) is 0 Å².